The Kier molecular flexibility index (Phi) is 3.75. The third kappa shape index (κ3) is 3.52. The van der Waals surface area contributed by atoms with Gasteiger partial charge < -0.3 is 10.1 Å². The van der Waals surface area contributed by atoms with Crippen LogP contribution in [0.4, 0.5) is 4.39 Å². The summed E-state index contributed by atoms with van der Waals surface area (Å²) in [4.78, 5) is 4.17. The van der Waals surface area contributed by atoms with E-state index in [4.69, 9.17) is 4.74 Å². The van der Waals surface area contributed by atoms with E-state index < -0.39 is 0 Å². The zero-order valence-electron chi connectivity index (χ0n) is 10.4. The molecule has 1 heterocycles. The molecule has 100 valence electrons. The molecule has 0 aliphatic heterocycles. The highest BCUT2D eigenvalue weighted by molar-refractivity contribution is 7.09. The minimum Gasteiger partial charge on any atom is -0.486 e. The first-order valence-electron chi connectivity index (χ1n) is 6.34. The number of thiazole rings is 1. The Morgan fingerprint density at radius 3 is 3.05 bits per heavy atom. The van der Waals surface area contributed by atoms with Crippen LogP contribution >= 0.6 is 11.3 Å². The van der Waals surface area contributed by atoms with Crippen molar-refractivity contribution >= 4 is 11.3 Å². The molecule has 1 N–H and O–H groups in total. The van der Waals surface area contributed by atoms with Crippen LogP contribution in [0.15, 0.2) is 29.8 Å². The van der Waals surface area contributed by atoms with Crippen LogP contribution in [0.2, 0.25) is 0 Å². The molecule has 5 heteroatoms. The fourth-order valence-electron chi connectivity index (χ4n) is 1.83. The standard InChI is InChI=1S/C14H15FN2OS/c15-11-1-4-13(18-9-14-16-5-6-19-14)10(7-11)8-17-12-2-3-12/h1,4-7,12,17H,2-3,8-9H2. The highest BCUT2D eigenvalue weighted by atomic mass is 32.1. The lowest BCUT2D eigenvalue weighted by Gasteiger charge is -2.11. The van der Waals surface area contributed by atoms with Gasteiger partial charge in [0.15, 0.2) is 0 Å². The molecule has 1 saturated carbocycles. The third-order valence-electron chi connectivity index (χ3n) is 3.02. The van der Waals surface area contributed by atoms with E-state index in [9.17, 15) is 4.39 Å². The molecule has 0 atom stereocenters. The quantitative estimate of drug-likeness (QED) is 0.881. The van der Waals surface area contributed by atoms with Crippen LogP contribution in [0.25, 0.3) is 0 Å². The van der Waals surface area contributed by atoms with Gasteiger partial charge in [0.1, 0.15) is 23.2 Å². The number of benzene rings is 1. The van der Waals surface area contributed by atoms with Crippen molar-refractivity contribution in [1.29, 1.82) is 0 Å². The van der Waals surface area contributed by atoms with Crippen LogP contribution in [0.5, 0.6) is 5.75 Å². The number of hydrogen-bond acceptors (Lipinski definition) is 4. The van der Waals surface area contributed by atoms with Crippen molar-refractivity contribution in [2.75, 3.05) is 0 Å². The van der Waals surface area contributed by atoms with Gasteiger partial charge in [-0.2, -0.15) is 0 Å². The zero-order chi connectivity index (χ0) is 13.1. The second-order valence-electron chi connectivity index (χ2n) is 4.62. The number of aromatic nitrogens is 1. The monoisotopic (exact) mass is 278 g/mol. The van der Waals surface area contributed by atoms with E-state index in [-0.39, 0.29) is 5.82 Å². The molecule has 0 bridgehead atoms. The summed E-state index contributed by atoms with van der Waals surface area (Å²) < 4.78 is 19.0. The molecule has 19 heavy (non-hydrogen) atoms. The van der Waals surface area contributed by atoms with Crippen molar-refractivity contribution in [1.82, 2.24) is 10.3 Å². The fraction of sp³-hybridized carbons (Fsp3) is 0.357. The largest absolute Gasteiger partial charge is 0.486 e. The van der Waals surface area contributed by atoms with Crippen LogP contribution in [-0.4, -0.2) is 11.0 Å². The first kappa shape index (κ1) is 12.6. The summed E-state index contributed by atoms with van der Waals surface area (Å²) >= 11 is 1.55. The van der Waals surface area contributed by atoms with E-state index in [1.165, 1.54) is 25.0 Å². The molecule has 0 amide bonds. The fourth-order valence-corrected chi connectivity index (χ4v) is 2.36. The van der Waals surface area contributed by atoms with E-state index in [0.717, 1.165) is 16.3 Å². The highest BCUT2D eigenvalue weighted by Gasteiger charge is 2.20. The number of hydrogen-bond donors (Lipinski definition) is 1. The summed E-state index contributed by atoms with van der Waals surface area (Å²) in [5, 5.41) is 6.21. The molecule has 0 saturated heterocycles. The molecule has 1 aliphatic rings. The average Bonchev–Trinajstić information content (AvgIpc) is 3.10. The second-order valence-corrected chi connectivity index (χ2v) is 5.60. The third-order valence-corrected chi connectivity index (χ3v) is 3.77. The Hall–Kier alpha value is -1.46. The van der Waals surface area contributed by atoms with Gasteiger partial charge in [0.2, 0.25) is 0 Å². The molecule has 3 nitrogen and oxygen atoms in total. The van der Waals surface area contributed by atoms with Crippen molar-refractivity contribution < 1.29 is 9.13 Å². The van der Waals surface area contributed by atoms with Crippen LogP contribution in [-0.2, 0) is 13.2 Å². The average molecular weight is 278 g/mol. The van der Waals surface area contributed by atoms with Crippen molar-refractivity contribution in [3.05, 3.63) is 46.2 Å². The summed E-state index contributed by atoms with van der Waals surface area (Å²) in [7, 11) is 0. The molecule has 0 spiro atoms. The summed E-state index contributed by atoms with van der Waals surface area (Å²) in [6.45, 7) is 1.08. The van der Waals surface area contributed by atoms with E-state index in [2.05, 4.69) is 10.3 Å². The Morgan fingerprint density at radius 1 is 1.42 bits per heavy atom. The maximum Gasteiger partial charge on any atom is 0.140 e. The van der Waals surface area contributed by atoms with E-state index in [1.807, 2.05) is 5.38 Å². The SMILES string of the molecule is Fc1ccc(OCc2nccs2)c(CNC2CC2)c1. The van der Waals surface area contributed by atoms with E-state index >= 15 is 0 Å². The van der Waals surface area contributed by atoms with Crippen LogP contribution in [0.1, 0.15) is 23.4 Å². The Labute approximate surface area is 115 Å². The van der Waals surface area contributed by atoms with Gasteiger partial charge in [-0.05, 0) is 31.0 Å². The van der Waals surface area contributed by atoms with E-state index in [0.29, 0.717) is 19.2 Å². The van der Waals surface area contributed by atoms with Gasteiger partial charge in [0.25, 0.3) is 0 Å². The number of nitrogens with one attached hydrogen (secondary N) is 1. The highest BCUT2D eigenvalue weighted by Crippen LogP contribution is 2.24. The molecule has 1 aliphatic carbocycles. The van der Waals surface area contributed by atoms with E-state index in [1.54, 1.807) is 23.6 Å². The van der Waals surface area contributed by atoms with Crippen molar-refractivity contribution in [2.24, 2.45) is 0 Å². The minimum absolute atomic E-state index is 0.228. The Morgan fingerprint density at radius 2 is 2.32 bits per heavy atom. The Bertz CT molecular complexity index is 540. The van der Waals surface area contributed by atoms with Gasteiger partial charge in [-0.1, -0.05) is 0 Å². The number of ether oxygens (including phenoxy) is 1. The number of rotatable bonds is 6. The maximum atomic E-state index is 13.3. The lowest BCUT2D eigenvalue weighted by atomic mass is 10.2. The molecule has 1 aromatic carbocycles. The molecule has 3 rings (SSSR count). The van der Waals surface area contributed by atoms with Crippen LogP contribution in [0.3, 0.4) is 0 Å². The predicted molar refractivity (Wildman–Crippen MR) is 72.7 cm³/mol. The molecule has 1 aromatic heterocycles. The van der Waals surface area contributed by atoms with Gasteiger partial charge >= 0.3 is 0 Å². The van der Waals surface area contributed by atoms with Crippen LogP contribution in [0, 0.1) is 5.82 Å². The molecular formula is C14H15FN2OS. The molecular weight excluding hydrogens is 263 g/mol. The number of nitrogens with zero attached hydrogens (tertiary/aromatic N) is 1. The van der Waals surface area contributed by atoms with Crippen molar-refractivity contribution in [3.63, 3.8) is 0 Å². The normalized spacial score (nSPS) is 14.6. The molecule has 0 radical (unpaired) electrons. The topological polar surface area (TPSA) is 34.1 Å². The predicted octanol–water partition coefficient (Wildman–Crippen LogP) is 3.11. The Balaban J connectivity index is 1.67. The summed E-state index contributed by atoms with van der Waals surface area (Å²) in [6, 6.07) is 5.24. The number of halogens is 1. The summed E-state index contributed by atoms with van der Waals surface area (Å²) in [5.74, 6) is 0.499. The van der Waals surface area contributed by atoms with Crippen molar-refractivity contribution in [3.8, 4) is 5.75 Å². The smallest absolute Gasteiger partial charge is 0.140 e. The van der Waals surface area contributed by atoms with Crippen LogP contribution < -0.4 is 10.1 Å². The lowest BCUT2D eigenvalue weighted by molar-refractivity contribution is 0.301. The first-order chi connectivity index (χ1) is 9.31. The van der Waals surface area contributed by atoms with Gasteiger partial charge in [0.05, 0.1) is 0 Å². The van der Waals surface area contributed by atoms with Gasteiger partial charge in [-0.3, -0.25) is 0 Å². The molecule has 1 fully saturated rings. The van der Waals surface area contributed by atoms with Gasteiger partial charge in [-0.25, -0.2) is 9.37 Å². The second kappa shape index (κ2) is 5.67. The maximum absolute atomic E-state index is 13.3. The summed E-state index contributed by atoms with van der Waals surface area (Å²) in [6.07, 6.45) is 4.18. The van der Waals surface area contributed by atoms with Gasteiger partial charge in [0, 0.05) is 29.7 Å². The molecule has 0 unspecified atom stereocenters. The zero-order valence-corrected chi connectivity index (χ0v) is 11.3. The first-order valence-corrected chi connectivity index (χ1v) is 7.22. The lowest BCUT2D eigenvalue weighted by Crippen LogP contribution is -2.16. The van der Waals surface area contributed by atoms with Gasteiger partial charge in [-0.15, -0.1) is 11.3 Å². The minimum atomic E-state index is -0.228. The molecule has 2 aromatic rings. The van der Waals surface area contributed by atoms with Crippen molar-refractivity contribution in [2.45, 2.75) is 32.0 Å². The summed E-state index contributed by atoms with van der Waals surface area (Å²) in [5.41, 5.74) is 0.864.